The fourth-order valence-corrected chi connectivity index (χ4v) is 3.32. The number of piperidine rings is 1. The number of aromatic nitrogens is 1. The number of amides is 1. The smallest absolute Gasteiger partial charge is 0.422 e. The van der Waals surface area contributed by atoms with Crippen LogP contribution in [0.3, 0.4) is 0 Å². The maximum absolute atomic E-state index is 13.9. The Labute approximate surface area is 148 Å². The Morgan fingerprint density at radius 2 is 1.85 bits per heavy atom. The van der Waals surface area contributed by atoms with E-state index in [1.165, 1.54) is 6.07 Å². The molecule has 1 aromatic carbocycles. The normalized spacial score (nSPS) is 20.7. The number of hydrogen-bond donors (Lipinski definition) is 2. The quantitative estimate of drug-likeness (QED) is 0.760. The van der Waals surface area contributed by atoms with E-state index in [4.69, 9.17) is 4.52 Å². The molecule has 2 heterocycles. The van der Waals surface area contributed by atoms with Crippen LogP contribution in [0.25, 0.3) is 0 Å². The number of alkyl halides is 3. The van der Waals surface area contributed by atoms with E-state index in [0.717, 1.165) is 4.90 Å². The second-order valence-corrected chi connectivity index (χ2v) is 6.19. The minimum atomic E-state index is -5.22. The third-order valence-electron chi connectivity index (χ3n) is 4.53. The summed E-state index contributed by atoms with van der Waals surface area (Å²) >= 11 is 0. The van der Waals surface area contributed by atoms with E-state index >= 15 is 0 Å². The van der Waals surface area contributed by atoms with Gasteiger partial charge in [-0.05, 0) is 30.5 Å². The van der Waals surface area contributed by atoms with Crippen LogP contribution in [0, 0.1) is 11.6 Å². The summed E-state index contributed by atoms with van der Waals surface area (Å²) in [5.74, 6) is -3.85. The van der Waals surface area contributed by atoms with Crippen molar-refractivity contribution >= 4 is 6.09 Å². The van der Waals surface area contributed by atoms with Crippen molar-refractivity contribution in [3.8, 4) is 0 Å². The molecule has 2 atom stereocenters. The third-order valence-corrected chi connectivity index (χ3v) is 4.53. The highest BCUT2D eigenvalue weighted by Crippen LogP contribution is 2.41. The summed E-state index contributed by atoms with van der Waals surface area (Å²) in [4.78, 5) is 23.6. The van der Waals surface area contributed by atoms with Crippen LogP contribution in [-0.2, 0) is 6.18 Å². The molecule has 0 bridgehead atoms. The monoisotopic (exact) mass is 392 g/mol. The van der Waals surface area contributed by atoms with Crippen LogP contribution in [-0.4, -0.2) is 27.8 Å². The molecule has 1 aliphatic heterocycles. The van der Waals surface area contributed by atoms with E-state index in [1.807, 2.05) is 0 Å². The first-order valence-electron chi connectivity index (χ1n) is 7.82. The van der Waals surface area contributed by atoms with E-state index in [0.29, 0.717) is 12.1 Å². The molecule has 1 aliphatic rings. The van der Waals surface area contributed by atoms with Gasteiger partial charge in [-0.3, -0.25) is 4.79 Å². The van der Waals surface area contributed by atoms with Crippen LogP contribution in [0.5, 0.6) is 0 Å². The topological polar surface area (TPSA) is 86.5 Å². The summed E-state index contributed by atoms with van der Waals surface area (Å²) < 4.78 is 71.1. The van der Waals surface area contributed by atoms with Gasteiger partial charge >= 0.3 is 12.3 Å². The maximum atomic E-state index is 13.9. The van der Waals surface area contributed by atoms with E-state index in [1.54, 1.807) is 0 Å². The molecule has 1 amide bonds. The average molecular weight is 392 g/mol. The molecule has 1 aromatic heterocycles. The molecule has 1 saturated heterocycles. The first-order chi connectivity index (χ1) is 12.6. The Bertz CT molecular complexity index is 897. The number of halogens is 5. The fraction of sp³-hybridized carbons (Fsp3) is 0.375. The Morgan fingerprint density at radius 3 is 2.33 bits per heavy atom. The lowest BCUT2D eigenvalue weighted by molar-refractivity contribution is -0.142. The van der Waals surface area contributed by atoms with Gasteiger partial charge < -0.3 is 14.5 Å². The van der Waals surface area contributed by atoms with Gasteiger partial charge in [0.1, 0.15) is 23.0 Å². The number of carbonyl (C=O) groups is 1. The number of nitrogens with zero attached hydrogens (tertiary/aromatic N) is 1. The van der Waals surface area contributed by atoms with Crippen LogP contribution in [0.2, 0.25) is 0 Å². The van der Waals surface area contributed by atoms with Gasteiger partial charge in [0.2, 0.25) is 0 Å². The average Bonchev–Trinajstić information content (AvgIpc) is 2.98. The van der Waals surface area contributed by atoms with Gasteiger partial charge in [0.15, 0.2) is 0 Å². The summed E-state index contributed by atoms with van der Waals surface area (Å²) in [5, 5.41) is 11.4. The fourth-order valence-electron chi connectivity index (χ4n) is 3.32. The number of likely N-dealkylation sites (tertiary alicyclic amines) is 1. The second-order valence-electron chi connectivity index (χ2n) is 6.19. The second kappa shape index (κ2) is 6.71. The van der Waals surface area contributed by atoms with Crippen LogP contribution >= 0.6 is 0 Å². The number of nitrogens with one attached hydrogen (secondary N) is 1. The molecule has 1 fully saturated rings. The number of benzene rings is 1. The molecular weight excluding hydrogens is 379 g/mol. The first kappa shape index (κ1) is 18.9. The van der Waals surface area contributed by atoms with Crippen molar-refractivity contribution in [3.05, 3.63) is 57.1 Å². The van der Waals surface area contributed by atoms with Gasteiger partial charge in [0, 0.05) is 18.5 Å². The summed E-state index contributed by atoms with van der Waals surface area (Å²) in [6.07, 6.45) is -6.34. The molecule has 3 rings (SSSR count). The van der Waals surface area contributed by atoms with Crippen molar-refractivity contribution in [2.75, 3.05) is 6.54 Å². The highest BCUT2D eigenvalue weighted by atomic mass is 19.4. The Balaban J connectivity index is 2.00. The van der Waals surface area contributed by atoms with Crippen molar-refractivity contribution in [2.24, 2.45) is 0 Å². The Kier molecular flexibility index (Phi) is 4.70. The van der Waals surface area contributed by atoms with E-state index in [-0.39, 0.29) is 30.7 Å². The minimum absolute atomic E-state index is 0.0165. The van der Waals surface area contributed by atoms with Gasteiger partial charge in [0.05, 0.1) is 6.04 Å². The molecule has 27 heavy (non-hydrogen) atoms. The Hall–Kier alpha value is -2.85. The summed E-state index contributed by atoms with van der Waals surface area (Å²) in [5.41, 5.74) is -2.78. The van der Waals surface area contributed by atoms with Crippen LogP contribution in [0.4, 0.5) is 26.7 Å². The number of aromatic amines is 1. The molecule has 2 N–H and O–H groups in total. The standard InChI is InChI=1S/C16H13F5N2O4/c17-9-3-8(4-10(18)14(9)16(19,20)21)11-5-7(1-2-23(11)15(25)26)12-6-13(24)22-27-12/h3-4,6-7,11H,1-2,5H2,(H,22,24)(H,25,26). The van der Waals surface area contributed by atoms with Crippen LogP contribution < -0.4 is 5.56 Å². The lowest BCUT2D eigenvalue weighted by atomic mass is 9.85. The third kappa shape index (κ3) is 3.67. The molecule has 11 heteroatoms. The molecule has 2 aromatic rings. The molecule has 6 nitrogen and oxygen atoms in total. The number of rotatable bonds is 2. The van der Waals surface area contributed by atoms with Gasteiger partial charge in [-0.25, -0.2) is 13.6 Å². The van der Waals surface area contributed by atoms with Crippen molar-refractivity contribution < 1.29 is 36.4 Å². The van der Waals surface area contributed by atoms with E-state index in [9.17, 15) is 36.6 Å². The molecule has 146 valence electrons. The lowest BCUT2D eigenvalue weighted by Crippen LogP contribution is -2.39. The summed E-state index contributed by atoms with van der Waals surface area (Å²) in [7, 11) is 0. The van der Waals surface area contributed by atoms with Gasteiger partial charge in [-0.1, -0.05) is 0 Å². The SMILES string of the molecule is O=C(O)N1CCC(c2cc(=O)[nH]o2)CC1c1cc(F)c(C(F)(F)F)c(F)c1. The van der Waals surface area contributed by atoms with Gasteiger partial charge in [-0.2, -0.15) is 18.3 Å². The minimum Gasteiger partial charge on any atom is -0.465 e. The largest absolute Gasteiger partial charge is 0.465 e. The van der Waals surface area contributed by atoms with Crippen LogP contribution in [0.15, 0.2) is 27.5 Å². The summed E-state index contributed by atoms with van der Waals surface area (Å²) in [6.45, 7) is -0.0518. The number of carboxylic acid groups (broad SMARTS) is 1. The van der Waals surface area contributed by atoms with Crippen LogP contribution in [0.1, 0.15) is 41.7 Å². The highest BCUT2D eigenvalue weighted by molar-refractivity contribution is 5.66. The van der Waals surface area contributed by atoms with Crippen molar-refractivity contribution in [1.82, 2.24) is 10.1 Å². The predicted molar refractivity (Wildman–Crippen MR) is 80.1 cm³/mol. The number of hydrogen-bond acceptors (Lipinski definition) is 3. The molecule has 2 unspecified atom stereocenters. The van der Waals surface area contributed by atoms with Crippen molar-refractivity contribution in [3.63, 3.8) is 0 Å². The molecule has 0 radical (unpaired) electrons. The van der Waals surface area contributed by atoms with Gasteiger partial charge in [0.25, 0.3) is 5.56 Å². The highest BCUT2D eigenvalue weighted by Gasteiger charge is 2.40. The van der Waals surface area contributed by atoms with Crippen molar-refractivity contribution in [2.45, 2.75) is 31.0 Å². The zero-order valence-electron chi connectivity index (χ0n) is 13.5. The first-order valence-corrected chi connectivity index (χ1v) is 7.82. The van der Waals surface area contributed by atoms with E-state index in [2.05, 4.69) is 5.16 Å². The predicted octanol–water partition coefficient (Wildman–Crippen LogP) is 3.86. The maximum Gasteiger partial charge on any atom is 0.422 e. The summed E-state index contributed by atoms with van der Waals surface area (Å²) in [6, 6.07) is 1.05. The lowest BCUT2D eigenvalue weighted by Gasteiger charge is -2.37. The zero-order chi connectivity index (χ0) is 19.9. The zero-order valence-corrected chi connectivity index (χ0v) is 13.5. The van der Waals surface area contributed by atoms with Gasteiger partial charge in [-0.15, -0.1) is 0 Å². The molecular formula is C16H13F5N2O4. The number of H-pyrrole nitrogens is 1. The molecule has 0 saturated carbocycles. The van der Waals surface area contributed by atoms with E-state index < -0.39 is 47.0 Å². The Morgan fingerprint density at radius 1 is 1.22 bits per heavy atom. The molecule has 0 aliphatic carbocycles. The molecule has 0 spiro atoms. The van der Waals surface area contributed by atoms with Crippen molar-refractivity contribution in [1.29, 1.82) is 0 Å².